The molecule has 0 atom stereocenters. The summed E-state index contributed by atoms with van der Waals surface area (Å²) in [4.78, 5) is 17.6. The van der Waals surface area contributed by atoms with Crippen LogP contribution in [0.25, 0.3) is 10.2 Å². The molecule has 11 heteroatoms. The summed E-state index contributed by atoms with van der Waals surface area (Å²) in [5.41, 5.74) is 1.39. The molecule has 0 aliphatic rings. The van der Waals surface area contributed by atoms with Crippen molar-refractivity contribution in [3.8, 4) is 11.5 Å². The molecule has 0 bridgehead atoms. The van der Waals surface area contributed by atoms with Crippen molar-refractivity contribution in [3.63, 3.8) is 0 Å². The number of nitrogens with zero attached hydrogens (tertiary/aromatic N) is 2. The van der Waals surface area contributed by atoms with Gasteiger partial charge in [0, 0.05) is 23.3 Å². The van der Waals surface area contributed by atoms with E-state index >= 15 is 0 Å². The molecule has 34 heavy (non-hydrogen) atoms. The summed E-state index contributed by atoms with van der Waals surface area (Å²) < 4.78 is 41.0. The van der Waals surface area contributed by atoms with E-state index in [0.717, 1.165) is 10.2 Å². The van der Waals surface area contributed by atoms with Gasteiger partial charge >= 0.3 is 0 Å². The van der Waals surface area contributed by atoms with E-state index in [1.807, 2.05) is 0 Å². The van der Waals surface area contributed by atoms with Crippen LogP contribution in [0, 0.1) is 0 Å². The summed E-state index contributed by atoms with van der Waals surface area (Å²) in [6.07, 6.45) is 0. The number of ether oxygens (including phenoxy) is 2. The molecule has 1 N–H and O–H groups in total. The van der Waals surface area contributed by atoms with Gasteiger partial charge < -0.3 is 14.0 Å². The summed E-state index contributed by atoms with van der Waals surface area (Å²) >= 11 is 7.13. The summed E-state index contributed by atoms with van der Waals surface area (Å²) in [6.45, 7) is 0. The van der Waals surface area contributed by atoms with Gasteiger partial charge in [0.1, 0.15) is 21.7 Å². The lowest BCUT2D eigenvalue weighted by Gasteiger charge is -2.08. The predicted octanol–water partition coefficient (Wildman–Crippen LogP) is 4.45. The van der Waals surface area contributed by atoms with Crippen LogP contribution in [0.3, 0.4) is 0 Å². The van der Waals surface area contributed by atoms with Gasteiger partial charge in [-0.25, -0.2) is 8.42 Å². The summed E-state index contributed by atoms with van der Waals surface area (Å²) in [6, 6.07) is 15.5. The van der Waals surface area contributed by atoms with Gasteiger partial charge in [0.05, 0.1) is 19.1 Å². The Kier molecular flexibility index (Phi) is 6.65. The number of carbonyl (C=O) groups excluding carboxylic acids is 1. The van der Waals surface area contributed by atoms with Crippen LogP contribution in [0.15, 0.2) is 70.6 Å². The second-order valence-electron chi connectivity index (χ2n) is 7.15. The number of benzene rings is 3. The fourth-order valence-electron chi connectivity index (χ4n) is 3.29. The molecule has 3 aromatic carbocycles. The topological polar surface area (TPSA) is 99.0 Å². The molecule has 0 unspecified atom stereocenters. The molecule has 0 saturated carbocycles. The van der Waals surface area contributed by atoms with Crippen molar-refractivity contribution in [1.82, 2.24) is 4.57 Å². The average molecular weight is 518 g/mol. The van der Waals surface area contributed by atoms with Crippen LogP contribution in [-0.2, 0) is 17.1 Å². The third kappa shape index (κ3) is 4.65. The summed E-state index contributed by atoms with van der Waals surface area (Å²) in [5.74, 6) is 0.829. The van der Waals surface area contributed by atoms with E-state index in [1.54, 1.807) is 38.0 Å². The Morgan fingerprint density at radius 1 is 0.971 bits per heavy atom. The number of carbonyl (C=O) groups is 1. The molecular weight excluding hydrogens is 498 g/mol. The number of aryl methyl sites for hydroxylation is 1. The first-order valence-electron chi connectivity index (χ1n) is 9.91. The van der Waals surface area contributed by atoms with Crippen LogP contribution in [0.1, 0.15) is 10.4 Å². The first kappa shape index (κ1) is 23.8. The number of anilines is 1. The minimum absolute atomic E-state index is 0.0789. The Morgan fingerprint density at radius 3 is 2.21 bits per heavy atom. The molecule has 8 nitrogen and oxygen atoms in total. The highest BCUT2D eigenvalue weighted by Gasteiger charge is 2.16. The van der Waals surface area contributed by atoms with E-state index in [2.05, 4.69) is 9.71 Å². The Bertz CT molecular complexity index is 1540. The van der Waals surface area contributed by atoms with Gasteiger partial charge in [-0.2, -0.15) is 4.99 Å². The number of fused-ring (bicyclic) bond motifs is 1. The number of methoxy groups -OCH3 is 2. The lowest BCUT2D eigenvalue weighted by atomic mass is 10.2. The Balaban J connectivity index is 1.62. The highest BCUT2D eigenvalue weighted by molar-refractivity contribution is 7.92. The minimum atomic E-state index is -3.79. The van der Waals surface area contributed by atoms with Crippen LogP contribution in [-0.4, -0.2) is 33.1 Å². The molecule has 4 rings (SSSR count). The van der Waals surface area contributed by atoms with E-state index in [-0.39, 0.29) is 4.90 Å². The molecule has 1 amide bonds. The van der Waals surface area contributed by atoms with Gasteiger partial charge in [-0.15, -0.1) is 0 Å². The van der Waals surface area contributed by atoms with Crippen LogP contribution in [0.4, 0.5) is 5.69 Å². The number of aromatic nitrogens is 1. The molecule has 1 heterocycles. The standard InChI is InChI=1S/C23H20ClN3O5S2/c1-27-20-18(31-2)12-13-19(32-3)21(20)33-23(27)25-22(28)14-4-8-16(9-5-14)26-34(29,30)17-10-6-15(24)7-11-17/h4-13,26H,1-3H3. The monoisotopic (exact) mass is 517 g/mol. The van der Waals surface area contributed by atoms with Crippen LogP contribution in [0.2, 0.25) is 5.02 Å². The maximum Gasteiger partial charge on any atom is 0.279 e. The zero-order valence-corrected chi connectivity index (χ0v) is 20.8. The molecule has 0 fully saturated rings. The normalized spacial score (nSPS) is 12.1. The molecule has 0 saturated heterocycles. The third-order valence-electron chi connectivity index (χ3n) is 5.02. The lowest BCUT2D eigenvalue weighted by molar-refractivity contribution is 0.0998. The number of halogens is 1. The second kappa shape index (κ2) is 9.49. The maximum absolute atomic E-state index is 12.8. The predicted molar refractivity (Wildman–Crippen MR) is 132 cm³/mol. The van der Waals surface area contributed by atoms with E-state index < -0.39 is 15.9 Å². The van der Waals surface area contributed by atoms with E-state index in [4.69, 9.17) is 21.1 Å². The zero-order chi connectivity index (χ0) is 24.5. The van der Waals surface area contributed by atoms with Crippen molar-refractivity contribution in [1.29, 1.82) is 0 Å². The van der Waals surface area contributed by atoms with Crippen LogP contribution < -0.4 is 19.0 Å². The van der Waals surface area contributed by atoms with Crippen LogP contribution >= 0.6 is 22.9 Å². The highest BCUT2D eigenvalue weighted by Crippen LogP contribution is 2.34. The van der Waals surface area contributed by atoms with Crippen molar-refractivity contribution >= 4 is 54.8 Å². The molecule has 176 valence electrons. The van der Waals surface area contributed by atoms with Crippen molar-refractivity contribution in [2.75, 3.05) is 18.9 Å². The Morgan fingerprint density at radius 2 is 1.59 bits per heavy atom. The van der Waals surface area contributed by atoms with E-state index in [1.165, 1.54) is 59.9 Å². The molecule has 0 aliphatic carbocycles. The Labute approximate surface area is 205 Å². The van der Waals surface area contributed by atoms with Crippen molar-refractivity contribution < 1.29 is 22.7 Å². The number of thiazole rings is 1. The summed E-state index contributed by atoms with van der Waals surface area (Å²) in [7, 11) is 1.15. The zero-order valence-electron chi connectivity index (χ0n) is 18.4. The van der Waals surface area contributed by atoms with Gasteiger partial charge in [-0.1, -0.05) is 22.9 Å². The number of hydrogen-bond acceptors (Lipinski definition) is 6. The van der Waals surface area contributed by atoms with Crippen LogP contribution in [0.5, 0.6) is 11.5 Å². The molecular formula is C23H20ClN3O5S2. The number of sulfonamides is 1. The lowest BCUT2D eigenvalue weighted by Crippen LogP contribution is -2.14. The average Bonchev–Trinajstić information content (AvgIpc) is 3.15. The highest BCUT2D eigenvalue weighted by atomic mass is 35.5. The van der Waals surface area contributed by atoms with Crippen molar-refractivity contribution in [2.24, 2.45) is 12.0 Å². The van der Waals surface area contributed by atoms with Gasteiger partial charge in [-0.3, -0.25) is 9.52 Å². The third-order valence-corrected chi connectivity index (χ3v) is 7.81. The number of nitrogens with one attached hydrogen (secondary N) is 1. The fraction of sp³-hybridized carbons (Fsp3) is 0.130. The number of hydrogen-bond donors (Lipinski definition) is 1. The van der Waals surface area contributed by atoms with Crippen molar-refractivity contribution in [2.45, 2.75) is 4.90 Å². The minimum Gasteiger partial charge on any atom is -0.495 e. The molecule has 0 aliphatic heterocycles. The second-order valence-corrected chi connectivity index (χ2v) is 10.2. The van der Waals surface area contributed by atoms with E-state index in [0.29, 0.717) is 32.6 Å². The van der Waals surface area contributed by atoms with E-state index in [9.17, 15) is 13.2 Å². The molecule has 1 aromatic heterocycles. The SMILES string of the molecule is COc1ccc(OC)c2c1sc(=NC(=O)c1ccc(NS(=O)(=O)c3ccc(Cl)cc3)cc1)n2C. The molecule has 0 spiro atoms. The largest absolute Gasteiger partial charge is 0.495 e. The summed E-state index contributed by atoms with van der Waals surface area (Å²) in [5, 5.41) is 0.439. The van der Waals surface area contributed by atoms with Gasteiger partial charge in [0.15, 0.2) is 4.80 Å². The smallest absolute Gasteiger partial charge is 0.279 e. The molecule has 4 aromatic rings. The van der Waals surface area contributed by atoms with Gasteiger partial charge in [0.25, 0.3) is 15.9 Å². The van der Waals surface area contributed by atoms with Gasteiger partial charge in [-0.05, 0) is 60.7 Å². The van der Waals surface area contributed by atoms with Crippen molar-refractivity contribution in [3.05, 3.63) is 76.1 Å². The Hall–Kier alpha value is -3.34. The maximum atomic E-state index is 12.8. The number of rotatable bonds is 6. The quantitative estimate of drug-likeness (QED) is 0.407. The van der Waals surface area contributed by atoms with Gasteiger partial charge in [0.2, 0.25) is 0 Å². The first-order chi connectivity index (χ1) is 16.2. The molecule has 0 radical (unpaired) electrons. The fourth-order valence-corrected chi connectivity index (χ4v) is 5.60. The first-order valence-corrected chi connectivity index (χ1v) is 12.6. The number of amides is 1.